The zero-order chi connectivity index (χ0) is 11.5. The number of alkyl halides is 3. The van der Waals surface area contributed by atoms with E-state index in [1.54, 1.807) is 0 Å². The number of aromatic nitrogens is 1. The molecule has 0 amide bonds. The largest absolute Gasteiger partial charge is 0.433 e. The predicted octanol–water partition coefficient (Wildman–Crippen LogP) is 2.27. The molecule has 0 spiro atoms. The molecule has 84 valence electrons. The van der Waals surface area contributed by atoms with Crippen LogP contribution in [0.1, 0.15) is 18.2 Å². The van der Waals surface area contributed by atoms with E-state index in [1.165, 1.54) is 12.3 Å². The molecule has 5 heteroatoms. The lowest BCUT2D eigenvalue weighted by atomic mass is 10.0. The van der Waals surface area contributed by atoms with Gasteiger partial charge in [0.1, 0.15) is 5.69 Å². The second-order valence-electron chi connectivity index (χ2n) is 3.54. The molecule has 1 aromatic rings. The Bertz CT molecular complexity index is 307. The minimum atomic E-state index is -4.39. The summed E-state index contributed by atoms with van der Waals surface area (Å²) in [5, 5.41) is 8.78. The molecule has 1 unspecified atom stereocenters. The van der Waals surface area contributed by atoms with Crippen LogP contribution in [0, 0.1) is 5.92 Å². The smallest absolute Gasteiger partial charge is 0.396 e. The molecule has 1 heterocycles. The molecule has 1 rings (SSSR count). The molecule has 1 atom stereocenters. The summed E-state index contributed by atoms with van der Waals surface area (Å²) < 4.78 is 36.4. The lowest BCUT2D eigenvalue weighted by Gasteiger charge is -2.09. The van der Waals surface area contributed by atoms with E-state index in [0.717, 1.165) is 6.07 Å². The third-order valence-electron chi connectivity index (χ3n) is 2.01. The Morgan fingerprint density at radius 2 is 2.07 bits per heavy atom. The first-order chi connectivity index (χ1) is 6.93. The van der Waals surface area contributed by atoms with E-state index >= 15 is 0 Å². The molecule has 15 heavy (non-hydrogen) atoms. The molecule has 0 aliphatic heterocycles. The number of aliphatic hydroxyl groups excluding tert-OH is 1. The fraction of sp³-hybridized carbons (Fsp3) is 0.500. The standard InChI is InChI=1S/C10H12F3NO/c1-7(6-15)4-8-2-3-9(14-5-8)10(11,12)13/h2-3,5,7,15H,4,6H2,1H3. The first-order valence-corrected chi connectivity index (χ1v) is 4.56. The summed E-state index contributed by atoms with van der Waals surface area (Å²) in [6, 6.07) is 2.35. The van der Waals surface area contributed by atoms with Crippen LogP contribution in [0.2, 0.25) is 0 Å². The lowest BCUT2D eigenvalue weighted by Crippen LogP contribution is -2.09. The van der Waals surface area contributed by atoms with Crippen molar-refractivity contribution < 1.29 is 18.3 Å². The Morgan fingerprint density at radius 3 is 2.47 bits per heavy atom. The molecule has 0 aromatic carbocycles. The number of nitrogens with zero attached hydrogens (tertiary/aromatic N) is 1. The van der Waals surface area contributed by atoms with Gasteiger partial charge in [0.15, 0.2) is 0 Å². The van der Waals surface area contributed by atoms with E-state index in [0.29, 0.717) is 12.0 Å². The summed E-state index contributed by atoms with van der Waals surface area (Å²) in [5.41, 5.74) is -0.188. The number of pyridine rings is 1. The number of rotatable bonds is 3. The van der Waals surface area contributed by atoms with E-state index in [4.69, 9.17) is 5.11 Å². The molecular weight excluding hydrogens is 207 g/mol. The molecular formula is C10H12F3NO. The van der Waals surface area contributed by atoms with Crippen molar-refractivity contribution in [1.82, 2.24) is 4.98 Å². The summed E-state index contributed by atoms with van der Waals surface area (Å²) >= 11 is 0. The highest BCUT2D eigenvalue weighted by atomic mass is 19.4. The van der Waals surface area contributed by atoms with Gasteiger partial charge in [-0.2, -0.15) is 13.2 Å². The zero-order valence-corrected chi connectivity index (χ0v) is 8.25. The molecule has 0 aliphatic carbocycles. The summed E-state index contributed by atoms with van der Waals surface area (Å²) in [6.45, 7) is 1.83. The van der Waals surface area contributed by atoms with Crippen molar-refractivity contribution in [1.29, 1.82) is 0 Å². The van der Waals surface area contributed by atoms with E-state index in [1.807, 2.05) is 6.92 Å². The van der Waals surface area contributed by atoms with E-state index in [2.05, 4.69) is 4.98 Å². The van der Waals surface area contributed by atoms with Crippen LogP contribution < -0.4 is 0 Å². The maximum Gasteiger partial charge on any atom is 0.433 e. The fourth-order valence-electron chi connectivity index (χ4n) is 1.18. The molecule has 1 N–H and O–H groups in total. The topological polar surface area (TPSA) is 33.1 Å². The van der Waals surface area contributed by atoms with Crippen LogP contribution in [-0.2, 0) is 12.6 Å². The van der Waals surface area contributed by atoms with Crippen LogP contribution in [-0.4, -0.2) is 16.7 Å². The first kappa shape index (κ1) is 12.0. The van der Waals surface area contributed by atoms with Crippen LogP contribution in [0.25, 0.3) is 0 Å². The van der Waals surface area contributed by atoms with Crippen molar-refractivity contribution in [2.24, 2.45) is 5.92 Å². The van der Waals surface area contributed by atoms with E-state index in [9.17, 15) is 13.2 Å². The Morgan fingerprint density at radius 1 is 1.40 bits per heavy atom. The quantitative estimate of drug-likeness (QED) is 0.845. The first-order valence-electron chi connectivity index (χ1n) is 4.56. The normalized spacial score (nSPS) is 13.9. The highest BCUT2D eigenvalue weighted by molar-refractivity contribution is 5.16. The van der Waals surface area contributed by atoms with Gasteiger partial charge in [-0.3, -0.25) is 4.98 Å². The Balaban J connectivity index is 2.73. The van der Waals surface area contributed by atoms with Crippen LogP contribution >= 0.6 is 0 Å². The van der Waals surface area contributed by atoms with E-state index < -0.39 is 11.9 Å². The number of hydrogen-bond donors (Lipinski definition) is 1. The Kier molecular flexibility index (Phi) is 3.68. The molecule has 0 aliphatic rings. The van der Waals surface area contributed by atoms with Crippen molar-refractivity contribution in [3.05, 3.63) is 29.6 Å². The fourth-order valence-corrected chi connectivity index (χ4v) is 1.18. The summed E-state index contributed by atoms with van der Waals surface area (Å²) in [4.78, 5) is 3.33. The van der Waals surface area contributed by atoms with Crippen molar-refractivity contribution >= 4 is 0 Å². The highest BCUT2D eigenvalue weighted by Gasteiger charge is 2.31. The number of halogens is 3. The van der Waals surface area contributed by atoms with Gasteiger partial charge in [0, 0.05) is 12.8 Å². The minimum Gasteiger partial charge on any atom is -0.396 e. The summed E-state index contributed by atoms with van der Waals surface area (Å²) in [6.07, 6.45) is -2.66. The van der Waals surface area contributed by atoms with Crippen molar-refractivity contribution in [3.8, 4) is 0 Å². The lowest BCUT2D eigenvalue weighted by molar-refractivity contribution is -0.141. The second-order valence-corrected chi connectivity index (χ2v) is 3.54. The second kappa shape index (κ2) is 4.61. The monoisotopic (exact) mass is 219 g/mol. The molecule has 0 saturated carbocycles. The summed E-state index contributed by atoms with van der Waals surface area (Å²) in [7, 11) is 0. The minimum absolute atomic E-state index is 0.0149. The van der Waals surface area contributed by atoms with Gasteiger partial charge in [0.25, 0.3) is 0 Å². The Labute approximate surface area is 85.8 Å². The Hall–Kier alpha value is -1.10. The predicted molar refractivity (Wildman–Crippen MR) is 49.2 cm³/mol. The molecule has 0 bridgehead atoms. The molecule has 1 aromatic heterocycles. The van der Waals surface area contributed by atoms with Crippen LogP contribution in [0.3, 0.4) is 0 Å². The molecule has 0 fully saturated rings. The van der Waals surface area contributed by atoms with Crippen molar-refractivity contribution in [2.75, 3.05) is 6.61 Å². The van der Waals surface area contributed by atoms with Gasteiger partial charge in [-0.05, 0) is 24.0 Å². The van der Waals surface area contributed by atoms with Gasteiger partial charge in [-0.1, -0.05) is 13.0 Å². The molecule has 0 saturated heterocycles. The van der Waals surface area contributed by atoms with Crippen LogP contribution in [0.5, 0.6) is 0 Å². The van der Waals surface area contributed by atoms with Gasteiger partial charge < -0.3 is 5.11 Å². The maximum atomic E-state index is 12.1. The average Bonchev–Trinajstić information content (AvgIpc) is 2.17. The maximum absolute atomic E-state index is 12.1. The third kappa shape index (κ3) is 3.51. The number of hydrogen-bond acceptors (Lipinski definition) is 2. The van der Waals surface area contributed by atoms with Gasteiger partial charge in [0.2, 0.25) is 0 Å². The SMILES string of the molecule is CC(CO)Cc1ccc(C(F)(F)F)nc1. The van der Waals surface area contributed by atoms with E-state index in [-0.39, 0.29) is 12.5 Å². The molecule has 0 radical (unpaired) electrons. The average molecular weight is 219 g/mol. The zero-order valence-electron chi connectivity index (χ0n) is 8.25. The van der Waals surface area contributed by atoms with Crippen LogP contribution in [0.4, 0.5) is 13.2 Å². The van der Waals surface area contributed by atoms with Gasteiger partial charge in [-0.25, -0.2) is 0 Å². The highest BCUT2D eigenvalue weighted by Crippen LogP contribution is 2.27. The summed E-state index contributed by atoms with van der Waals surface area (Å²) in [5.74, 6) is 0.0311. The van der Waals surface area contributed by atoms with Gasteiger partial charge in [0.05, 0.1) is 0 Å². The number of aliphatic hydroxyl groups is 1. The third-order valence-corrected chi connectivity index (χ3v) is 2.01. The van der Waals surface area contributed by atoms with Crippen LogP contribution in [0.15, 0.2) is 18.3 Å². The van der Waals surface area contributed by atoms with Crippen molar-refractivity contribution in [2.45, 2.75) is 19.5 Å². The molecule has 2 nitrogen and oxygen atoms in total. The van der Waals surface area contributed by atoms with Crippen molar-refractivity contribution in [3.63, 3.8) is 0 Å². The van der Waals surface area contributed by atoms with Gasteiger partial charge >= 0.3 is 6.18 Å². The van der Waals surface area contributed by atoms with Gasteiger partial charge in [-0.15, -0.1) is 0 Å².